The molecule has 0 saturated heterocycles. The molecule has 0 aliphatic heterocycles. The van der Waals surface area contributed by atoms with Crippen LogP contribution in [0.4, 0.5) is 0 Å². The van der Waals surface area contributed by atoms with Crippen LogP contribution in [0.3, 0.4) is 0 Å². The van der Waals surface area contributed by atoms with Crippen LogP contribution in [0.5, 0.6) is 11.5 Å². The number of aromatic carboxylic acids is 1. The molecule has 0 aliphatic carbocycles. The zero-order valence-corrected chi connectivity index (χ0v) is 11.3. The number of methoxy groups -OCH3 is 2. The first kappa shape index (κ1) is 12.6. The largest absolute Gasteiger partial charge is 0.496 e. The summed E-state index contributed by atoms with van der Waals surface area (Å²) in [4.78, 5) is 15.1. The maximum atomic E-state index is 11.0. The smallest absolute Gasteiger partial charge is 0.354 e. The van der Waals surface area contributed by atoms with Crippen molar-refractivity contribution in [3.63, 3.8) is 0 Å². The van der Waals surface area contributed by atoms with Gasteiger partial charge in [-0.05, 0) is 28.1 Å². The first-order chi connectivity index (χ1) is 8.58. The van der Waals surface area contributed by atoms with E-state index in [1.54, 1.807) is 12.1 Å². The number of rotatable bonds is 3. The summed E-state index contributed by atoms with van der Waals surface area (Å²) in [6.45, 7) is 0. The molecule has 2 aromatic rings. The van der Waals surface area contributed by atoms with Gasteiger partial charge in [-0.15, -0.1) is 0 Å². The second-order valence-electron chi connectivity index (χ2n) is 3.49. The zero-order chi connectivity index (χ0) is 13.3. The first-order valence-electron chi connectivity index (χ1n) is 5.03. The van der Waals surface area contributed by atoms with E-state index in [-0.39, 0.29) is 5.69 Å². The van der Waals surface area contributed by atoms with E-state index in [1.807, 2.05) is 0 Å². The molecular weight excluding hydrogens is 302 g/mol. The molecule has 0 bridgehead atoms. The van der Waals surface area contributed by atoms with Crippen LogP contribution in [0.15, 0.2) is 22.7 Å². The summed E-state index contributed by atoms with van der Waals surface area (Å²) in [5.74, 6) is -0.185. The van der Waals surface area contributed by atoms with Gasteiger partial charge in [0.1, 0.15) is 17.0 Å². The standard InChI is InChI=1S/C12H10BrNO4/c1-17-8-4-3-6(13)10-9(18-2)5-7(12(15)16)14-11(8)10/h3-5H,1-2H3,(H,15,16). The fourth-order valence-corrected chi connectivity index (χ4v) is 2.19. The van der Waals surface area contributed by atoms with Crippen LogP contribution in [-0.2, 0) is 0 Å². The third kappa shape index (κ3) is 1.99. The number of benzene rings is 1. The Hall–Kier alpha value is -1.82. The normalized spacial score (nSPS) is 10.4. The molecular formula is C12H10BrNO4. The van der Waals surface area contributed by atoms with Crippen molar-refractivity contribution < 1.29 is 19.4 Å². The molecule has 6 heteroatoms. The van der Waals surface area contributed by atoms with Crippen molar-refractivity contribution in [1.29, 1.82) is 0 Å². The van der Waals surface area contributed by atoms with Crippen LogP contribution >= 0.6 is 15.9 Å². The number of nitrogens with zero attached hydrogens (tertiary/aromatic N) is 1. The number of hydrogen-bond acceptors (Lipinski definition) is 4. The number of carboxylic acid groups (broad SMARTS) is 1. The van der Waals surface area contributed by atoms with E-state index in [0.717, 1.165) is 4.47 Å². The predicted molar refractivity (Wildman–Crippen MR) is 69.5 cm³/mol. The molecule has 94 valence electrons. The van der Waals surface area contributed by atoms with E-state index >= 15 is 0 Å². The molecule has 1 N–H and O–H groups in total. The average molecular weight is 312 g/mol. The number of halogens is 1. The quantitative estimate of drug-likeness (QED) is 0.944. The van der Waals surface area contributed by atoms with Gasteiger partial charge in [0.15, 0.2) is 5.69 Å². The molecule has 18 heavy (non-hydrogen) atoms. The number of fused-ring (bicyclic) bond motifs is 1. The van der Waals surface area contributed by atoms with Gasteiger partial charge in [0.2, 0.25) is 0 Å². The maximum absolute atomic E-state index is 11.0. The maximum Gasteiger partial charge on any atom is 0.354 e. The van der Waals surface area contributed by atoms with Crippen LogP contribution < -0.4 is 9.47 Å². The van der Waals surface area contributed by atoms with Gasteiger partial charge in [0.25, 0.3) is 0 Å². The Balaban J connectivity index is 2.90. The van der Waals surface area contributed by atoms with E-state index < -0.39 is 5.97 Å². The van der Waals surface area contributed by atoms with Crippen LogP contribution in [-0.4, -0.2) is 30.3 Å². The summed E-state index contributed by atoms with van der Waals surface area (Å²) < 4.78 is 11.2. The first-order valence-corrected chi connectivity index (χ1v) is 5.82. The van der Waals surface area contributed by atoms with Gasteiger partial charge in [-0.2, -0.15) is 0 Å². The number of ether oxygens (including phenoxy) is 2. The second kappa shape index (κ2) is 4.81. The van der Waals surface area contributed by atoms with E-state index in [1.165, 1.54) is 20.3 Å². The molecule has 0 fully saturated rings. The van der Waals surface area contributed by atoms with E-state index in [4.69, 9.17) is 14.6 Å². The Morgan fingerprint density at radius 2 is 1.94 bits per heavy atom. The lowest BCUT2D eigenvalue weighted by molar-refractivity contribution is 0.0690. The highest BCUT2D eigenvalue weighted by atomic mass is 79.9. The molecule has 1 aromatic carbocycles. The summed E-state index contributed by atoms with van der Waals surface area (Å²) in [7, 11) is 2.98. The highest BCUT2D eigenvalue weighted by molar-refractivity contribution is 9.10. The minimum Gasteiger partial charge on any atom is -0.496 e. The van der Waals surface area contributed by atoms with Crippen molar-refractivity contribution in [3.8, 4) is 11.5 Å². The van der Waals surface area contributed by atoms with Crippen LogP contribution in [0, 0.1) is 0 Å². The number of pyridine rings is 1. The number of carbonyl (C=O) groups is 1. The fourth-order valence-electron chi connectivity index (χ4n) is 1.68. The van der Waals surface area contributed by atoms with Crippen LogP contribution in [0.2, 0.25) is 0 Å². The van der Waals surface area contributed by atoms with Crippen molar-refractivity contribution in [1.82, 2.24) is 4.98 Å². The van der Waals surface area contributed by atoms with Gasteiger partial charge < -0.3 is 14.6 Å². The highest BCUT2D eigenvalue weighted by Crippen LogP contribution is 2.36. The van der Waals surface area contributed by atoms with Crippen molar-refractivity contribution in [3.05, 3.63) is 28.4 Å². The van der Waals surface area contributed by atoms with E-state index in [9.17, 15) is 4.79 Å². The topological polar surface area (TPSA) is 68.7 Å². The molecule has 0 atom stereocenters. The molecule has 2 rings (SSSR count). The monoisotopic (exact) mass is 311 g/mol. The third-order valence-electron chi connectivity index (χ3n) is 2.50. The lowest BCUT2D eigenvalue weighted by Gasteiger charge is -2.11. The zero-order valence-electron chi connectivity index (χ0n) is 9.73. The Morgan fingerprint density at radius 1 is 1.28 bits per heavy atom. The van der Waals surface area contributed by atoms with Gasteiger partial charge in [-0.1, -0.05) is 0 Å². The van der Waals surface area contributed by atoms with Crippen molar-refractivity contribution in [2.75, 3.05) is 14.2 Å². The fraction of sp³-hybridized carbons (Fsp3) is 0.167. The predicted octanol–water partition coefficient (Wildman–Crippen LogP) is 2.71. The molecule has 0 unspecified atom stereocenters. The SMILES string of the molecule is COc1ccc(Br)c2c(OC)cc(C(=O)O)nc12. The lowest BCUT2D eigenvalue weighted by Crippen LogP contribution is -2.02. The summed E-state index contributed by atoms with van der Waals surface area (Å²) in [5, 5.41) is 9.71. The number of hydrogen-bond donors (Lipinski definition) is 1. The summed E-state index contributed by atoms with van der Waals surface area (Å²) in [6, 6.07) is 4.89. The summed E-state index contributed by atoms with van der Waals surface area (Å²) in [6.07, 6.45) is 0. The van der Waals surface area contributed by atoms with Gasteiger partial charge in [0, 0.05) is 10.5 Å². The minimum absolute atomic E-state index is 0.0873. The van der Waals surface area contributed by atoms with Gasteiger partial charge in [-0.25, -0.2) is 9.78 Å². The molecule has 1 aromatic heterocycles. The molecule has 0 amide bonds. The molecule has 0 aliphatic rings. The number of aromatic nitrogens is 1. The Kier molecular flexibility index (Phi) is 3.38. The Bertz CT molecular complexity index is 627. The van der Waals surface area contributed by atoms with Gasteiger partial charge >= 0.3 is 5.97 Å². The lowest BCUT2D eigenvalue weighted by atomic mass is 10.1. The summed E-state index contributed by atoms with van der Waals surface area (Å²) in [5.41, 5.74) is 0.361. The third-order valence-corrected chi connectivity index (χ3v) is 3.16. The van der Waals surface area contributed by atoms with E-state index in [0.29, 0.717) is 22.4 Å². The molecule has 0 radical (unpaired) electrons. The second-order valence-corrected chi connectivity index (χ2v) is 4.34. The number of carboxylic acids is 1. The van der Waals surface area contributed by atoms with E-state index in [2.05, 4.69) is 20.9 Å². The van der Waals surface area contributed by atoms with Crippen molar-refractivity contribution >= 4 is 32.8 Å². The van der Waals surface area contributed by atoms with Gasteiger partial charge in [-0.3, -0.25) is 0 Å². The molecule has 1 heterocycles. The Morgan fingerprint density at radius 3 is 2.50 bits per heavy atom. The van der Waals surface area contributed by atoms with Crippen LogP contribution in [0.25, 0.3) is 10.9 Å². The average Bonchev–Trinajstić information content (AvgIpc) is 2.37. The molecule has 0 saturated carbocycles. The van der Waals surface area contributed by atoms with Crippen LogP contribution in [0.1, 0.15) is 10.5 Å². The van der Waals surface area contributed by atoms with Crippen molar-refractivity contribution in [2.45, 2.75) is 0 Å². The molecule has 0 spiro atoms. The highest BCUT2D eigenvalue weighted by Gasteiger charge is 2.16. The summed E-state index contributed by atoms with van der Waals surface area (Å²) >= 11 is 3.39. The minimum atomic E-state index is -1.11. The molecule has 5 nitrogen and oxygen atoms in total. The van der Waals surface area contributed by atoms with Gasteiger partial charge in [0.05, 0.1) is 19.6 Å². The Labute approximate surface area is 111 Å². The van der Waals surface area contributed by atoms with Crippen molar-refractivity contribution in [2.24, 2.45) is 0 Å².